The van der Waals surface area contributed by atoms with Gasteiger partial charge in [-0.2, -0.15) is 18.4 Å². The Labute approximate surface area is 136 Å². The predicted molar refractivity (Wildman–Crippen MR) is 80.4 cm³/mol. The van der Waals surface area contributed by atoms with Crippen LogP contribution >= 0.6 is 11.6 Å². The van der Waals surface area contributed by atoms with Crippen LogP contribution in [0.1, 0.15) is 16.7 Å². The van der Waals surface area contributed by atoms with Crippen LogP contribution in [0.5, 0.6) is 11.5 Å². The van der Waals surface area contributed by atoms with Crippen LogP contribution < -0.4 is 10.5 Å². The van der Waals surface area contributed by atoms with Gasteiger partial charge in [0.15, 0.2) is 0 Å². The van der Waals surface area contributed by atoms with Crippen LogP contribution in [-0.2, 0) is 12.6 Å². The van der Waals surface area contributed by atoms with Crippen molar-refractivity contribution in [1.29, 1.82) is 5.26 Å². The van der Waals surface area contributed by atoms with Crippen molar-refractivity contribution >= 4 is 11.6 Å². The van der Waals surface area contributed by atoms with Gasteiger partial charge in [0, 0.05) is 0 Å². The van der Waals surface area contributed by atoms with E-state index < -0.39 is 16.8 Å². The molecule has 0 aliphatic carbocycles. The van der Waals surface area contributed by atoms with E-state index in [4.69, 9.17) is 27.3 Å². The van der Waals surface area contributed by atoms with Gasteiger partial charge < -0.3 is 10.5 Å². The molecule has 0 heterocycles. The van der Waals surface area contributed by atoms with Crippen molar-refractivity contribution in [3.05, 3.63) is 58.1 Å². The minimum atomic E-state index is -4.58. The molecule has 0 aliphatic heterocycles. The second-order valence-electron chi connectivity index (χ2n) is 4.72. The van der Waals surface area contributed by atoms with Crippen LogP contribution in [0.25, 0.3) is 0 Å². The first-order valence-corrected chi connectivity index (χ1v) is 7.00. The van der Waals surface area contributed by atoms with E-state index in [1.807, 2.05) is 6.07 Å². The van der Waals surface area contributed by atoms with Crippen molar-refractivity contribution < 1.29 is 17.9 Å². The summed E-state index contributed by atoms with van der Waals surface area (Å²) in [4.78, 5) is 0. The summed E-state index contributed by atoms with van der Waals surface area (Å²) in [5.74, 6) is 0.119. The van der Waals surface area contributed by atoms with E-state index in [9.17, 15) is 13.2 Å². The Morgan fingerprint density at radius 1 is 1.17 bits per heavy atom. The lowest BCUT2D eigenvalue weighted by molar-refractivity contribution is -0.137. The fourth-order valence-electron chi connectivity index (χ4n) is 1.99. The molecule has 0 spiro atoms. The zero-order chi connectivity index (χ0) is 17.0. The van der Waals surface area contributed by atoms with E-state index in [2.05, 4.69) is 0 Å². The highest BCUT2D eigenvalue weighted by Crippen LogP contribution is 2.38. The second kappa shape index (κ2) is 6.90. The number of rotatable bonds is 4. The van der Waals surface area contributed by atoms with E-state index in [0.29, 0.717) is 13.0 Å². The number of benzene rings is 2. The van der Waals surface area contributed by atoms with Gasteiger partial charge in [-0.25, -0.2) is 0 Å². The first-order chi connectivity index (χ1) is 10.8. The molecule has 0 saturated carbocycles. The quantitative estimate of drug-likeness (QED) is 0.890. The normalized spacial score (nSPS) is 11.1. The SMILES string of the molecule is N#Cc1cc(CCN)ccc1Oc1ccc(Cl)c(C(F)(F)F)c1. The maximum Gasteiger partial charge on any atom is 0.417 e. The molecule has 23 heavy (non-hydrogen) atoms. The summed E-state index contributed by atoms with van der Waals surface area (Å²) >= 11 is 5.56. The minimum absolute atomic E-state index is 0.0511. The van der Waals surface area contributed by atoms with E-state index in [-0.39, 0.29) is 17.1 Å². The number of alkyl halides is 3. The summed E-state index contributed by atoms with van der Waals surface area (Å²) in [6.07, 6.45) is -3.99. The highest BCUT2D eigenvalue weighted by Gasteiger charge is 2.33. The zero-order valence-electron chi connectivity index (χ0n) is 11.8. The monoisotopic (exact) mass is 340 g/mol. The Bertz CT molecular complexity index is 754. The molecule has 2 aromatic rings. The Kier molecular flexibility index (Phi) is 5.14. The number of nitrogens with zero attached hydrogens (tertiary/aromatic N) is 1. The molecule has 0 radical (unpaired) electrons. The van der Waals surface area contributed by atoms with Crippen LogP contribution in [0.4, 0.5) is 13.2 Å². The largest absolute Gasteiger partial charge is 0.456 e. The topological polar surface area (TPSA) is 59.0 Å². The third-order valence-corrected chi connectivity index (χ3v) is 3.40. The van der Waals surface area contributed by atoms with Crippen LogP contribution in [0.15, 0.2) is 36.4 Å². The van der Waals surface area contributed by atoms with E-state index in [1.54, 1.807) is 12.1 Å². The lowest BCUT2D eigenvalue weighted by Crippen LogP contribution is -2.06. The number of ether oxygens (including phenoxy) is 1. The smallest absolute Gasteiger partial charge is 0.417 e. The molecule has 0 fully saturated rings. The molecule has 0 aliphatic rings. The van der Waals surface area contributed by atoms with Crippen molar-refractivity contribution in [2.24, 2.45) is 5.73 Å². The standard InChI is InChI=1S/C16H12ClF3N2O/c17-14-3-2-12(8-13(14)16(18,19)20)23-15-4-1-10(5-6-21)7-11(15)9-22/h1-4,7-8H,5-6,21H2. The molecule has 0 amide bonds. The highest BCUT2D eigenvalue weighted by molar-refractivity contribution is 6.31. The molecule has 7 heteroatoms. The van der Waals surface area contributed by atoms with Gasteiger partial charge in [-0.05, 0) is 48.9 Å². The van der Waals surface area contributed by atoms with Gasteiger partial charge in [0.05, 0.1) is 16.1 Å². The Morgan fingerprint density at radius 3 is 2.52 bits per heavy atom. The number of hydrogen-bond donors (Lipinski definition) is 1. The first kappa shape index (κ1) is 17.1. The van der Waals surface area contributed by atoms with Gasteiger partial charge in [0.2, 0.25) is 0 Å². The average Bonchev–Trinajstić information content (AvgIpc) is 2.49. The van der Waals surface area contributed by atoms with Crippen molar-refractivity contribution in [3.63, 3.8) is 0 Å². The lowest BCUT2D eigenvalue weighted by atomic mass is 10.1. The van der Waals surface area contributed by atoms with E-state index in [1.165, 1.54) is 12.1 Å². The molecule has 2 rings (SSSR count). The van der Waals surface area contributed by atoms with Crippen LogP contribution in [0.2, 0.25) is 5.02 Å². The molecule has 0 saturated heterocycles. The lowest BCUT2D eigenvalue weighted by Gasteiger charge is -2.13. The summed E-state index contributed by atoms with van der Waals surface area (Å²) in [5, 5.41) is 8.74. The Morgan fingerprint density at radius 2 is 1.91 bits per heavy atom. The van der Waals surface area contributed by atoms with Gasteiger partial charge in [-0.3, -0.25) is 0 Å². The molecular formula is C16H12ClF3N2O. The van der Waals surface area contributed by atoms with Gasteiger partial charge in [-0.1, -0.05) is 17.7 Å². The molecule has 0 atom stereocenters. The van der Waals surface area contributed by atoms with Crippen molar-refractivity contribution in [2.75, 3.05) is 6.54 Å². The highest BCUT2D eigenvalue weighted by atomic mass is 35.5. The fourth-order valence-corrected chi connectivity index (χ4v) is 2.21. The molecule has 3 nitrogen and oxygen atoms in total. The summed E-state index contributed by atoms with van der Waals surface area (Å²) < 4.78 is 44.0. The molecule has 0 bridgehead atoms. The maximum absolute atomic E-state index is 12.8. The first-order valence-electron chi connectivity index (χ1n) is 6.63. The zero-order valence-corrected chi connectivity index (χ0v) is 12.6. The molecule has 0 aromatic heterocycles. The van der Waals surface area contributed by atoms with Crippen LogP contribution in [0, 0.1) is 11.3 Å². The third-order valence-electron chi connectivity index (χ3n) is 3.07. The van der Waals surface area contributed by atoms with Crippen LogP contribution in [0.3, 0.4) is 0 Å². The fraction of sp³-hybridized carbons (Fsp3) is 0.188. The van der Waals surface area contributed by atoms with Crippen LogP contribution in [-0.4, -0.2) is 6.54 Å². The Hall–Kier alpha value is -2.23. The maximum atomic E-state index is 12.8. The van der Waals surface area contributed by atoms with Gasteiger partial charge in [0.25, 0.3) is 0 Å². The van der Waals surface area contributed by atoms with Gasteiger partial charge in [-0.15, -0.1) is 0 Å². The number of halogens is 4. The van der Waals surface area contributed by atoms with Crippen molar-refractivity contribution in [1.82, 2.24) is 0 Å². The summed E-state index contributed by atoms with van der Waals surface area (Å²) in [6, 6.07) is 10.0. The number of hydrogen-bond acceptors (Lipinski definition) is 3. The summed E-state index contributed by atoms with van der Waals surface area (Å²) in [5.41, 5.74) is 5.53. The molecular weight excluding hydrogens is 329 g/mol. The van der Waals surface area contributed by atoms with E-state index >= 15 is 0 Å². The Balaban J connectivity index is 2.35. The third kappa shape index (κ3) is 4.15. The number of nitrogens with two attached hydrogens (primary N) is 1. The number of nitriles is 1. The second-order valence-corrected chi connectivity index (χ2v) is 5.13. The average molecular weight is 341 g/mol. The minimum Gasteiger partial charge on any atom is -0.456 e. The van der Waals surface area contributed by atoms with Gasteiger partial charge >= 0.3 is 6.18 Å². The molecule has 2 N–H and O–H groups in total. The van der Waals surface area contributed by atoms with E-state index in [0.717, 1.165) is 17.7 Å². The molecule has 0 unspecified atom stereocenters. The molecule has 2 aromatic carbocycles. The van der Waals surface area contributed by atoms with Gasteiger partial charge in [0.1, 0.15) is 17.6 Å². The molecule has 120 valence electrons. The van der Waals surface area contributed by atoms with Crippen molar-refractivity contribution in [3.8, 4) is 17.6 Å². The summed E-state index contributed by atoms with van der Waals surface area (Å²) in [6.45, 7) is 0.428. The summed E-state index contributed by atoms with van der Waals surface area (Å²) in [7, 11) is 0. The van der Waals surface area contributed by atoms with Crippen molar-refractivity contribution in [2.45, 2.75) is 12.6 Å². The predicted octanol–water partition coefficient (Wildman–Crippen LogP) is 4.52.